The fourth-order valence-electron chi connectivity index (χ4n) is 3.44. The van der Waals surface area contributed by atoms with Gasteiger partial charge in [0.15, 0.2) is 0 Å². The molecule has 21 heavy (non-hydrogen) atoms. The molecule has 108 valence electrons. The largest absolute Gasteiger partial charge is 0.311 e. The van der Waals surface area contributed by atoms with Crippen molar-refractivity contribution in [2.24, 2.45) is 11.3 Å². The maximum atomic E-state index is 13.0. The van der Waals surface area contributed by atoms with Crippen LogP contribution in [0.1, 0.15) is 19.3 Å². The third-order valence-corrected chi connectivity index (χ3v) is 4.57. The number of hydrogen-bond acceptors (Lipinski definition) is 2. The first-order chi connectivity index (χ1) is 10.3. The molecule has 1 heterocycles. The van der Waals surface area contributed by atoms with Gasteiger partial charge in [0.05, 0.1) is 5.41 Å². The van der Waals surface area contributed by atoms with Gasteiger partial charge in [-0.3, -0.25) is 4.79 Å². The quantitative estimate of drug-likeness (QED) is 0.795. The Morgan fingerprint density at radius 3 is 2.71 bits per heavy atom. The molecule has 0 radical (unpaired) electrons. The van der Waals surface area contributed by atoms with E-state index >= 15 is 0 Å². The fraction of sp³-hybridized carbons (Fsp3) is 0.333. The summed E-state index contributed by atoms with van der Waals surface area (Å²) in [5.41, 5.74) is 0.478. The number of aldehydes is 1. The average Bonchev–Trinajstić information content (AvgIpc) is 2.80. The minimum atomic E-state index is -0.465. The van der Waals surface area contributed by atoms with Crippen LogP contribution in [0.25, 0.3) is 0 Å². The molecule has 0 bridgehead atoms. The van der Waals surface area contributed by atoms with E-state index in [0.717, 1.165) is 24.8 Å². The first-order valence-corrected chi connectivity index (χ1v) is 7.43. The predicted octanol–water partition coefficient (Wildman–Crippen LogP) is 3.13. The Hall–Kier alpha value is -2.16. The predicted molar refractivity (Wildman–Crippen MR) is 82.9 cm³/mol. The van der Waals surface area contributed by atoms with E-state index in [9.17, 15) is 9.59 Å². The van der Waals surface area contributed by atoms with Crippen molar-refractivity contribution >= 4 is 17.9 Å². The lowest BCUT2D eigenvalue weighted by Crippen LogP contribution is -2.35. The summed E-state index contributed by atoms with van der Waals surface area (Å²) in [5.74, 6) is 0.349. The standard InChI is InChI=1S/C18H19NO2/c20-13-7-8-15-14-19(16-9-3-1-4-10-16)17(21)18(15)11-5-2-6-12-18/h1-6,9-11,13,15H,7-8,12,14H2/t15-,18+/m1/s1. The molecule has 1 aliphatic carbocycles. The van der Waals surface area contributed by atoms with Crippen molar-refractivity contribution in [3.8, 4) is 0 Å². The third kappa shape index (κ3) is 2.33. The Bertz CT molecular complexity index is 590. The number of carbonyl (C=O) groups is 2. The zero-order valence-electron chi connectivity index (χ0n) is 11.9. The Kier molecular flexibility index (Phi) is 3.74. The molecule has 0 unspecified atom stereocenters. The van der Waals surface area contributed by atoms with Crippen molar-refractivity contribution in [3.05, 3.63) is 54.6 Å². The normalized spacial score (nSPS) is 27.5. The van der Waals surface area contributed by atoms with Crippen LogP contribution in [0.4, 0.5) is 5.69 Å². The van der Waals surface area contributed by atoms with Gasteiger partial charge in [0, 0.05) is 18.7 Å². The molecule has 2 aliphatic rings. The molecule has 1 saturated heterocycles. The molecule has 0 aromatic heterocycles. The molecule has 1 aliphatic heterocycles. The van der Waals surface area contributed by atoms with Gasteiger partial charge in [0.1, 0.15) is 6.29 Å². The van der Waals surface area contributed by atoms with Gasteiger partial charge in [-0.2, -0.15) is 0 Å². The molecule has 1 fully saturated rings. The van der Waals surface area contributed by atoms with E-state index in [-0.39, 0.29) is 11.8 Å². The molecular weight excluding hydrogens is 262 g/mol. The first-order valence-electron chi connectivity index (χ1n) is 7.43. The number of para-hydroxylation sites is 1. The molecule has 2 atom stereocenters. The van der Waals surface area contributed by atoms with E-state index in [4.69, 9.17) is 0 Å². The van der Waals surface area contributed by atoms with Crippen molar-refractivity contribution < 1.29 is 9.59 Å². The minimum Gasteiger partial charge on any atom is -0.311 e. The number of allylic oxidation sites excluding steroid dienone is 3. The Labute approximate surface area is 125 Å². The zero-order valence-corrected chi connectivity index (χ0v) is 11.9. The van der Waals surface area contributed by atoms with E-state index in [1.807, 2.05) is 53.5 Å². The summed E-state index contributed by atoms with van der Waals surface area (Å²) in [5, 5.41) is 0. The smallest absolute Gasteiger partial charge is 0.237 e. The Balaban J connectivity index is 1.93. The molecule has 1 aromatic rings. The highest BCUT2D eigenvalue weighted by atomic mass is 16.2. The van der Waals surface area contributed by atoms with Gasteiger partial charge in [-0.1, -0.05) is 42.5 Å². The molecule has 0 N–H and O–H groups in total. The van der Waals surface area contributed by atoms with Gasteiger partial charge in [0.2, 0.25) is 5.91 Å². The molecule has 1 amide bonds. The third-order valence-electron chi connectivity index (χ3n) is 4.57. The van der Waals surface area contributed by atoms with Crippen LogP contribution in [0, 0.1) is 11.3 Å². The van der Waals surface area contributed by atoms with Crippen LogP contribution < -0.4 is 4.90 Å². The summed E-state index contributed by atoms with van der Waals surface area (Å²) in [4.78, 5) is 25.6. The highest BCUT2D eigenvalue weighted by Gasteiger charge is 2.51. The SMILES string of the molecule is O=CCC[C@@H]1CN(c2ccccc2)C(=O)[C@]12C=CC=CC2. The van der Waals surface area contributed by atoms with Crippen molar-refractivity contribution in [3.63, 3.8) is 0 Å². The van der Waals surface area contributed by atoms with Crippen LogP contribution in [0.15, 0.2) is 54.6 Å². The molecule has 1 spiro atoms. The van der Waals surface area contributed by atoms with Gasteiger partial charge < -0.3 is 9.69 Å². The number of amides is 1. The molecule has 0 saturated carbocycles. The van der Waals surface area contributed by atoms with Gasteiger partial charge >= 0.3 is 0 Å². The van der Waals surface area contributed by atoms with Crippen LogP contribution in [0.2, 0.25) is 0 Å². The van der Waals surface area contributed by atoms with Crippen molar-refractivity contribution in [2.75, 3.05) is 11.4 Å². The topological polar surface area (TPSA) is 37.4 Å². The molecule has 3 heteroatoms. The van der Waals surface area contributed by atoms with E-state index in [1.54, 1.807) is 0 Å². The maximum absolute atomic E-state index is 13.0. The summed E-state index contributed by atoms with van der Waals surface area (Å²) < 4.78 is 0. The number of anilines is 1. The Morgan fingerprint density at radius 2 is 2.05 bits per heavy atom. The second kappa shape index (κ2) is 5.68. The molecule has 3 rings (SSSR count). The highest BCUT2D eigenvalue weighted by Crippen LogP contribution is 2.46. The summed E-state index contributed by atoms with van der Waals surface area (Å²) >= 11 is 0. The zero-order chi connectivity index (χ0) is 14.7. The maximum Gasteiger partial charge on any atom is 0.237 e. The van der Waals surface area contributed by atoms with Gasteiger partial charge in [0.25, 0.3) is 0 Å². The van der Waals surface area contributed by atoms with E-state index in [1.165, 1.54) is 0 Å². The number of carbonyl (C=O) groups excluding carboxylic acids is 2. The van der Waals surface area contributed by atoms with E-state index in [2.05, 4.69) is 6.08 Å². The summed E-state index contributed by atoms with van der Waals surface area (Å²) in [6.45, 7) is 0.689. The molecular formula is C18H19NO2. The van der Waals surface area contributed by atoms with Crippen LogP contribution >= 0.6 is 0 Å². The van der Waals surface area contributed by atoms with Crippen molar-refractivity contribution in [1.82, 2.24) is 0 Å². The first kappa shape index (κ1) is 13.8. The number of nitrogens with zero attached hydrogens (tertiary/aromatic N) is 1. The number of benzene rings is 1. The lowest BCUT2D eigenvalue weighted by atomic mass is 9.71. The Morgan fingerprint density at radius 1 is 1.24 bits per heavy atom. The minimum absolute atomic E-state index is 0.158. The lowest BCUT2D eigenvalue weighted by Gasteiger charge is -2.29. The van der Waals surface area contributed by atoms with E-state index in [0.29, 0.717) is 13.0 Å². The van der Waals surface area contributed by atoms with Crippen LogP contribution in [0.3, 0.4) is 0 Å². The number of rotatable bonds is 4. The monoisotopic (exact) mass is 281 g/mol. The lowest BCUT2D eigenvalue weighted by molar-refractivity contribution is -0.124. The molecule has 3 nitrogen and oxygen atoms in total. The summed E-state index contributed by atoms with van der Waals surface area (Å²) in [7, 11) is 0. The number of hydrogen-bond donors (Lipinski definition) is 0. The van der Waals surface area contributed by atoms with Crippen LogP contribution in [0.5, 0.6) is 0 Å². The average molecular weight is 281 g/mol. The van der Waals surface area contributed by atoms with Crippen molar-refractivity contribution in [1.29, 1.82) is 0 Å². The fourth-order valence-corrected chi connectivity index (χ4v) is 3.44. The van der Waals surface area contributed by atoms with Gasteiger partial charge in [-0.05, 0) is 30.9 Å². The van der Waals surface area contributed by atoms with Gasteiger partial charge in [-0.15, -0.1) is 0 Å². The van der Waals surface area contributed by atoms with Crippen LogP contribution in [-0.2, 0) is 9.59 Å². The van der Waals surface area contributed by atoms with Crippen LogP contribution in [-0.4, -0.2) is 18.7 Å². The molecule has 1 aromatic carbocycles. The second-order valence-electron chi connectivity index (χ2n) is 5.72. The van der Waals surface area contributed by atoms with E-state index < -0.39 is 5.41 Å². The summed E-state index contributed by atoms with van der Waals surface area (Å²) in [6, 6.07) is 9.79. The van der Waals surface area contributed by atoms with Gasteiger partial charge in [-0.25, -0.2) is 0 Å². The van der Waals surface area contributed by atoms with Crippen molar-refractivity contribution in [2.45, 2.75) is 19.3 Å². The highest BCUT2D eigenvalue weighted by molar-refractivity contribution is 6.02. The second-order valence-corrected chi connectivity index (χ2v) is 5.72. The summed E-state index contributed by atoms with van der Waals surface area (Å²) in [6.07, 6.45) is 11.0.